The number of aliphatic hydroxyl groups is 1. The summed E-state index contributed by atoms with van der Waals surface area (Å²) in [6.07, 6.45) is 9.99. The van der Waals surface area contributed by atoms with Crippen LogP contribution in [0.1, 0.15) is 44.1 Å². The van der Waals surface area contributed by atoms with Crippen molar-refractivity contribution in [2.75, 3.05) is 0 Å². The zero-order valence-electron chi connectivity index (χ0n) is 12.0. The predicted octanol–water partition coefficient (Wildman–Crippen LogP) is 4.11. The molecule has 1 heterocycles. The summed E-state index contributed by atoms with van der Waals surface area (Å²) in [5.41, 5.74) is 2.24. The van der Waals surface area contributed by atoms with E-state index in [9.17, 15) is 5.11 Å². The van der Waals surface area contributed by atoms with Gasteiger partial charge in [0.05, 0.1) is 11.6 Å². The molecular weight excluding hydrogens is 246 g/mol. The first-order valence-corrected chi connectivity index (χ1v) is 7.83. The fourth-order valence-corrected chi connectivity index (χ4v) is 3.42. The Morgan fingerprint density at radius 1 is 1.15 bits per heavy atom. The third-order valence-corrected chi connectivity index (χ3v) is 4.58. The van der Waals surface area contributed by atoms with E-state index in [1.807, 2.05) is 30.5 Å². The monoisotopic (exact) mass is 269 g/mol. The van der Waals surface area contributed by atoms with Crippen LogP contribution in [-0.2, 0) is 6.42 Å². The molecule has 1 aliphatic carbocycles. The van der Waals surface area contributed by atoms with Crippen molar-refractivity contribution < 1.29 is 5.11 Å². The molecule has 1 saturated carbocycles. The van der Waals surface area contributed by atoms with Crippen molar-refractivity contribution in [2.45, 2.75) is 51.0 Å². The lowest BCUT2D eigenvalue weighted by atomic mass is 9.95. The van der Waals surface area contributed by atoms with Crippen molar-refractivity contribution in [1.29, 1.82) is 0 Å². The Bertz CT molecular complexity index is 555. The number of benzene rings is 1. The van der Waals surface area contributed by atoms with Gasteiger partial charge in [-0.25, -0.2) is 0 Å². The van der Waals surface area contributed by atoms with Crippen molar-refractivity contribution >= 4 is 10.9 Å². The van der Waals surface area contributed by atoms with Crippen LogP contribution in [0.4, 0.5) is 0 Å². The molecule has 1 aliphatic rings. The summed E-state index contributed by atoms with van der Waals surface area (Å²) in [6.45, 7) is 0. The summed E-state index contributed by atoms with van der Waals surface area (Å²) in [6, 6.07) is 10.2. The van der Waals surface area contributed by atoms with Crippen LogP contribution in [0, 0.1) is 5.92 Å². The number of aromatic nitrogens is 1. The molecule has 2 aromatic rings. The number of rotatable bonds is 5. The third kappa shape index (κ3) is 3.18. The second-order valence-electron chi connectivity index (χ2n) is 6.07. The summed E-state index contributed by atoms with van der Waals surface area (Å²) in [4.78, 5) is 4.38. The van der Waals surface area contributed by atoms with Gasteiger partial charge in [-0.15, -0.1) is 0 Å². The lowest BCUT2D eigenvalue weighted by Gasteiger charge is -2.15. The van der Waals surface area contributed by atoms with Crippen LogP contribution in [0.3, 0.4) is 0 Å². The Hall–Kier alpha value is -1.41. The topological polar surface area (TPSA) is 33.1 Å². The molecule has 0 bridgehead atoms. The molecule has 0 saturated heterocycles. The molecule has 0 amide bonds. The third-order valence-electron chi connectivity index (χ3n) is 4.58. The highest BCUT2D eigenvalue weighted by Gasteiger charge is 2.17. The second-order valence-corrected chi connectivity index (χ2v) is 6.07. The summed E-state index contributed by atoms with van der Waals surface area (Å²) in [7, 11) is 0. The number of fused-ring (bicyclic) bond motifs is 1. The van der Waals surface area contributed by atoms with Crippen molar-refractivity contribution in [2.24, 2.45) is 5.92 Å². The molecule has 20 heavy (non-hydrogen) atoms. The molecular formula is C18H23NO. The SMILES string of the molecule is OC(CCC1CCCC1)Cc1ccnc2ccccc12. The Morgan fingerprint density at radius 3 is 2.80 bits per heavy atom. The van der Waals surface area contributed by atoms with E-state index in [0.717, 1.165) is 24.3 Å². The zero-order chi connectivity index (χ0) is 13.8. The van der Waals surface area contributed by atoms with Crippen molar-refractivity contribution in [3.05, 3.63) is 42.1 Å². The number of nitrogens with zero attached hydrogens (tertiary/aromatic N) is 1. The standard InChI is InChI=1S/C18H23NO/c20-16(10-9-14-5-1-2-6-14)13-15-11-12-19-18-8-4-3-7-17(15)18/h3-4,7-8,11-12,14,16,20H,1-2,5-6,9-10,13H2. The van der Waals surface area contributed by atoms with Crippen LogP contribution in [0.15, 0.2) is 36.5 Å². The predicted molar refractivity (Wildman–Crippen MR) is 82.6 cm³/mol. The molecule has 1 N–H and O–H groups in total. The normalized spacial score (nSPS) is 17.6. The van der Waals surface area contributed by atoms with Crippen LogP contribution in [0.5, 0.6) is 0 Å². The van der Waals surface area contributed by atoms with Crippen LogP contribution in [-0.4, -0.2) is 16.2 Å². The molecule has 0 spiro atoms. The second kappa shape index (κ2) is 6.36. The van der Waals surface area contributed by atoms with Gasteiger partial charge >= 0.3 is 0 Å². The highest BCUT2D eigenvalue weighted by molar-refractivity contribution is 5.81. The van der Waals surface area contributed by atoms with Crippen LogP contribution >= 0.6 is 0 Å². The molecule has 3 rings (SSSR count). The Labute approximate surface area is 120 Å². The van der Waals surface area contributed by atoms with Gasteiger partial charge in [0.2, 0.25) is 0 Å². The molecule has 0 radical (unpaired) electrons. The van der Waals surface area contributed by atoms with Gasteiger partial charge in [0.15, 0.2) is 0 Å². The fourth-order valence-electron chi connectivity index (χ4n) is 3.42. The summed E-state index contributed by atoms with van der Waals surface area (Å²) >= 11 is 0. The molecule has 1 unspecified atom stereocenters. The largest absolute Gasteiger partial charge is 0.393 e. The van der Waals surface area contributed by atoms with Gasteiger partial charge in [-0.1, -0.05) is 43.9 Å². The van der Waals surface area contributed by atoms with Crippen molar-refractivity contribution in [1.82, 2.24) is 4.98 Å². The quantitative estimate of drug-likeness (QED) is 0.886. The zero-order valence-corrected chi connectivity index (χ0v) is 12.0. The van der Waals surface area contributed by atoms with E-state index in [4.69, 9.17) is 0 Å². The average Bonchev–Trinajstić information content (AvgIpc) is 2.99. The van der Waals surface area contributed by atoms with Crippen LogP contribution < -0.4 is 0 Å². The van der Waals surface area contributed by atoms with Gasteiger partial charge in [0, 0.05) is 11.6 Å². The molecule has 2 heteroatoms. The van der Waals surface area contributed by atoms with Gasteiger partial charge in [0.25, 0.3) is 0 Å². The summed E-state index contributed by atoms with van der Waals surface area (Å²) < 4.78 is 0. The maximum atomic E-state index is 10.3. The number of para-hydroxylation sites is 1. The highest BCUT2D eigenvalue weighted by atomic mass is 16.3. The summed E-state index contributed by atoms with van der Waals surface area (Å²) in [5, 5.41) is 11.5. The molecule has 1 aromatic carbocycles. The Morgan fingerprint density at radius 2 is 1.95 bits per heavy atom. The van der Waals surface area contributed by atoms with Crippen molar-refractivity contribution in [3.63, 3.8) is 0 Å². The van der Waals surface area contributed by atoms with Gasteiger partial charge < -0.3 is 5.11 Å². The maximum absolute atomic E-state index is 10.3. The highest BCUT2D eigenvalue weighted by Crippen LogP contribution is 2.29. The smallest absolute Gasteiger partial charge is 0.0704 e. The van der Waals surface area contributed by atoms with E-state index in [-0.39, 0.29) is 6.10 Å². The Kier molecular flexibility index (Phi) is 4.31. The van der Waals surface area contributed by atoms with Gasteiger partial charge in [-0.2, -0.15) is 0 Å². The molecule has 1 aromatic heterocycles. The number of pyridine rings is 1. The number of hydrogen-bond donors (Lipinski definition) is 1. The van der Waals surface area contributed by atoms with Gasteiger partial charge in [-0.05, 0) is 42.9 Å². The molecule has 0 aliphatic heterocycles. The number of aliphatic hydroxyl groups excluding tert-OH is 1. The lowest BCUT2D eigenvalue weighted by molar-refractivity contribution is 0.155. The molecule has 2 nitrogen and oxygen atoms in total. The minimum Gasteiger partial charge on any atom is -0.393 e. The van der Waals surface area contributed by atoms with Gasteiger partial charge in [-0.3, -0.25) is 4.98 Å². The first-order valence-electron chi connectivity index (χ1n) is 7.83. The lowest BCUT2D eigenvalue weighted by Crippen LogP contribution is -2.12. The minimum atomic E-state index is -0.221. The molecule has 1 atom stereocenters. The average molecular weight is 269 g/mol. The van der Waals surface area contributed by atoms with Crippen molar-refractivity contribution in [3.8, 4) is 0 Å². The van der Waals surface area contributed by atoms with E-state index in [1.165, 1.54) is 43.1 Å². The first kappa shape index (κ1) is 13.6. The minimum absolute atomic E-state index is 0.221. The van der Waals surface area contributed by atoms with E-state index < -0.39 is 0 Å². The van der Waals surface area contributed by atoms with Crippen LogP contribution in [0.25, 0.3) is 10.9 Å². The van der Waals surface area contributed by atoms with Gasteiger partial charge in [0.1, 0.15) is 0 Å². The van der Waals surface area contributed by atoms with Crippen LogP contribution in [0.2, 0.25) is 0 Å². The van der Waals surface area contributed by atoms with E-state index >= 15 is 0 Å². The maximum Gasteiger partial charge on any atom is 0.0704 e. The first-order chi connectivity index (χ1) is 9.83. The number of hydrogen-bond acceptors (Lipinski definition) is 2. The van der Waals surface area contributed by atoms with E-state index in [1.54, 1.807) is 0 Å². The van der Waals surface area contributed by atoms with E-state index in [0.29, 0.717) is 0 Å². The fraction of sp³-hybridized carbons (Fsp3) is 0.500. The van der Waals surface area contributed by atoms with E-state index in [2.05, 4.69) is 11.1 Å². The molecule has 1 fully saturated rings. The Balaban J connectivity index is 1.63. The summed E-state index contributed by atoms with van der Waals surface area (Å²) in [5.74, 6) is 0.860. The molecule has 106 valence electrons.